The van der Waals surface area contributed by atoms with E-state index < -0.39 is 0 Å². The minimum Gasteiger partial charge on any atom is -0.497 e. The van der Waals surface area contributed by atoms with E-state index in [1.54, 1.807) is 32.4 Å². The summed E-state index contributed by atoms with van der Waals surface area (Å²) in [7, 11) is 3.16. The van der Waals surface area contributed by atoms with E-state index in [-0.39, 0.29) is 5.91 Å². The van der Waals surface area contributed by atoms with Crippen LogP contribution in [0.15, 0.2) is 18.2 Å². The van der Waals surface area contributed by atoms with Gasteiger partial charge in [0.1, 0.15) is 28.0 Å². The molecule has 1 aliphatic heterocycles. The van der Waals surface area contributed by atoms with Crippen LogP contribution in [0.5, 0.6) is 11.5 Å². The van der Waals surface area contributed by atoms with E-state index in [0.29, 0.717) is 22.1 Å². The second-order valence-electron chi connectivity index (χ2n) is 8.02. The van der Waals surface area contributed by atoms with E-state index in [4.69, 9.17) is 14.5 Å². The molecule has 3 heterocycles. The molecule has 1 amide bonds. The van der Waals surface area contributed by atoms with Gasteiger partial charge in [-0.05, 0) is 50.3 Å². The van der Waals surface area contributed by atoms with E-state index >= 15 is 0 Å². The molecule has 8 heteroatoms. The molecule has 164 valence electrons. The summed E-state index contributed by atoms with van der Waals surface area (Å²) < 4.78 is 10.7. The van der Waals surface area contributed by atoms with Crippen LogP contribution in [-0.2, 0) is 0 Å². The van der Waals surface area contributed by atoms with Crippen molar-refractivity contribution in [1.82, 2.24) is 9.97 Å². The lowest BCUT2D eigenvalue weighted by Crippen LogP contribution is -2.33. The fourth-order valence-electron chi connectivity index (χ4n) is 3.97. The first-order valence-electron chi connectivity index (χ1n) is 10.5. The lowest BCUT2D eigenvalue weighted by atomic mass is 9.99. The topological polar surface area (TPSA) is 76.6 Å². The molecule has 4 rings (SSSR count). The van der Waals surface area contributed by atoms with Gasteiger partial charge in [-0.3, -0.25) is 4.79 Å². The van der Waals surface area contributed by atoms with Gasteiger partial charge in [0.05, 0.1) is 30.2 Å². The zero-order chi connectivity index (χ0) is 22.1. The Morgan fingerprint density at radius 1 is 1.16 bits per heavy atom. The highest BCUT2D eigenvalue weighted by molar-refractivity contribution is 7.20. The molecular formula is C23H28N4O3S. The minimum atomic E-state index is -0.181. The number of amides is 1. The van der Waals surface area contributed by atoms with Gasteiger partial charge in [0.2, 0.25) is 0 Å². The van der Waals surface area contributed by atoms with Crippen molar-refractivity contribution in [1.29, 1.82) is 0 Å². The highest BCUT2D eigenvalue weighted by Gasteiger charge is 2.25. The summed E-state index contributed by atoms with van der Waals surface area (Å²) >= 11 is 1.41. The second-order valence-corrected chi connectivity index (χ2v) is 9.02. The Labute approximate surface area is 186 Å². The van der Waals surface area contributed by atoms with Crippen LogP contribution in [0.3, 0.4) is 0 Å². The number of ether oxygens (including phenoxy) is 2. The first-order valence-corrected chi connectivity index (χ1v) is 11.3. The molecule has 0 bridgehead atoms. The second kappa shape index (κ2) is 8.70. The number of nitrogens with zero attached hydrogens (tertiary/aromatic N) is 3. The Morgan fingerprint density at radius 2 is 1.90 bits per heavy atom. The predicted octanol–water partition coefficient (Wildman–Crippen LogP) is 4.81. The number of methoxy groups -OCH3 is 2. The minimum absolute atomic E-state index is 0.181. The van der Waals surface area contributed by atoms with E-state index in [2.05, 4.69) is 22.1 Å². The van der Waals surface area contributed by atoms with Gasteiger partial charge in [-0.25, -0.2) is 9.97 Å². The monoisotopic (exact) mass is 440 g/mol. The first-order chi connectivity index (χ1) is 14.9. The number of carbonyl (C=O) groups is 1. The molecule has 2 aromatic heterocycles. The van der Waals surface area contributed by atoms with Gasteiger partial charge >= 0.3 is 0 Å². The SMILES string of the molecule is COc1ccc(NC(=O)c2sc3nc(C)nc(N4CCC(C)CC4)c3c2C)c(OC)c1. The van der Waals surface area contributed by atoms with Gasteiger partial charge in [-0.2, -0.15) is 0 Å². The van der Waals surface area contributed by atoms with Crippen molar-refractivity contribution in [3.8, 4) is 11.5 Å². The van der Waals surface area contributed by atoms with Crippen molar-refractivity contribution in [3.05, 3.63) is 34.5 Å². The molecule has 0 saturated carbocycles. The molecular weight excluding hydrogens is 412 g/mol. The molecule has 1 N–H and O–H groups in total. The van der Waals surface area contributed by atoms with Crippen LogP contribution < -0.4 is 19.7 Å². The number of hydrogen-bond donors (Lipinski definition) is 1. The summed E-state index contributed by atoms with van der Waals surface area (Å²) in [4.78, 5) is 26.4. The average molecular weight is 441 g/mol. The summed E-state index contributed by atoms with van der Waals surface area (Å²) in [5, 5.41) is 3.96. The maximum Gasteiger partial charge on any atom is 0.266 e. The molecule has 0 unspecified atom stereocenters. The Bertz CT molecular complexity index is 1120. The molecule has 0 aliphatic carbocycles. The largest absolute Gasteiger partial charge is 0.497 e. The lowest BCUT2D eigenvalue weighted by molar-refractivity contribution is 0.102. The summed E-state index contributed by atoms with van der Waals surface area (Å²) in [5.74, 6) is 3.44. The number of thiophene rings is 1. The number of benzene rings is 1. The Morgan fingerprint density at radius 3 is 2.58 bits per heavy atom. The third-order valence-electron chi connectivity index (χ3n) is 5.83. The summed E-state index contributed by atoms with van der Waals surface area (Å²) in [6, 6.07) is 5.32. The van der Waals surface area contributed by atoms with Crippen LogP contribution in [0.4, 0.5) is 11.5 Å². The molecule has 0 spiro atoms. The van der Waals surface area contributed by atoms with E-state index in [9.17, 15) is 4.79 Å². The van der Waals surface area contributed by atoms with Crippen LogP contribution in [0.1, 0.15) is 40.8 Å². The normalized spacial score (nSPS) is 14.7. The number of piperidine rings is 1. The zero-order valence-corrected chi connectivity index (χ0v) is 19.4. The van der Waals surface area contributed by atoms with Gasteiger partial charge in [0.25, 0.3) is 5.91 Å². The van der Waals surface area contributed by atoms with E-state index in [1.807, 2.05) is 13.8 Å². The third-order valence-corrected chi connectivity index (χ3v) is 7.01. The van der Waals surface area contributed by atoms with Gasteiger partial charge in [0.15, 0.2) is 0 Å². The zero-order valence-electron chi connectivity index (χ0n) is 18.6. The first kappa shape index (κ1) is 21.4. The molecule has 3 aromatic rings. The average Bonchev–Trinajstić information content (AvgIpc) is 3.10. The lowest BCUT2D eigenvalue weighted by Gasteiger charge is -2.31. The number of aromatic nitrogens is 2. The van der Waals surface area contributed by atoms with Gasteiger partial charge < -0.3 is 19.7 Å². The maximum absolute atomic E-state index is 13.2. The van der Waals surface area contributed by atoms with Crippen molar-refractivity contribution in [2.45, 2.75) is 33.6 Å². The number of carbonyl (C=O) groups excluding carboxylic acids is 1. The van der Waals surface area contributed by atoms with Gasteiger partial charge in [-0.15, -0.1) is 11.3 Å². The Balaban J connectivity index is 1.70. The van der Waals surface area contributed by atoms with E-state index in [1.165, 1.54) is 11.3 Å². The van der Waals surface area contributed by atoms with Crippen molar-refractivity contribution < 1.29 is 14.3 Å². The van der Waals surface area contributed by atoms with Crippen LogP contribution >= 0.6 is 11.3 Å². The molecule has 0 radical (unpaired) electrons. The molecule has 1 saturated heterocycles. The number of anilines is 2. The molecule has 0 atom stereocenters. The molecule has 1 aliphatic rings. The predicted molar refractivity (Wildman–Crippen MR) is 125 cm³/mol. The Kier molecular flexibility index (Phi) is 6.00. The highest BCUT2D eigenvalue weighted by atomic mass is 32.1. The number of aryl methyl sites for hydroxylation is 2. The van der Waals surface area contributed by atoms with Gasteiger partial charge in [-0.1, -0.05) is 6.92 Å². The summed E-state index contributed by atoms with van der Waals surface area (Å²) in [5.41, 5.74) is 1.51. The van der Waals surface area contributed by atoms with Crippen LogP contribution in [-0.4, -0.2) is 43.2 Å². The smallest absolute Gasteiger partial charge is 0.266 e. The molecule has 1 aromatic carbocycles. The van der Waals surface area contributed by atoms with Crippen molar-refractivity contribution in [2.24, 2.45) is 5.92 Å². The highest BCUT2D eigenvalue weighted by Crippen LogP contribution is 2.38. The summed E-state index contributed by atoms with van der Waals surface area (Å²) in [6.45, 7) is 8.14. The van der Waals surface area contributed by atoms with Crippen molar-refractivity contribution in [2.75, 3.05) is 37.5 Å². The maximum atomic E-state index is 13.2. The van der Waals surface area contributed by atoms with E-state index in [0.717, 1.165) is 59.3 Å². The quantitative estimate of drug-likeness (QED) is 0.613. The van der Waals surface area contributed by atoms with Crippen molar-refractivity contribution >= 4 is 39.0 Å². The number of nitrogens with one attached hydrogen (secondary N) is 1. The molecule has 31 heavy (non-hydrogen) atoms. The van der Waals surface area contributed by atoms with Crippen LogP contribution in [0, 0.1) is 19.8 Å². The number of rotatable bonds is 5. The van der Waals surface area contributed by atoms with Crippen LogP contribution in [0.25, 0.3) is 10.2 Å². The van der Waals surface area contributed by atoms with Crippen LogP contribution in [0.2, 0.25) is 0 Å². The van der Waals surface area contributed by atoms with Crippen molar-refractivity contribution in [3.63, 3.8) is 0 Å². The fraction of sp³-hybridized carbons (Fsp3) is 0.435. The molecule has 1 fully saturated rings. The standard InChI is InChI=1S/C23H28N4O3S/c1-13-8-10-27(11-9-13)21-19-14(2)20(31-23(19)25-15(3)24-21)22(28)26-17-7-6-16(29-4)12-18(17)30-5/h6-7,12-13H,8-11H2,1-5H3,(H,26,28). The fourth-order valence-corrected chi connectivity index (χ4v) is 5.08. The third kappa shape index (κ3) is 4.17. The molecule has 7 nitrogen and oxygen atoms in total. The summed E-state index contributed by atoms with van der Waals surface area (Å²) in [6.07, 6.45) is 2.30. The Hall–Kier alpha value is -2.87. The number of fused-ring (bicyclic) bond motifs is 1. The number of hydrogen-bond acceptors (Lipinski definition) is 7. The van der Waals surface area contributed by atoms with Gasteiger partial charge in [0, 0.05) is 19.2 Å².